The number of rotatable bonds is 6. The second-order valence-electron chi connectivity index (χ2n) is 5.65. The first-order valence-corrected chi connectivity index (χ1v) is 7.39. The summed E-state index contributed by atoms with van der Waals surface area (Å²) in [6.45, 7) is 1.12. The number of nitrogens with two attached hydrogens (primary N) is 1. The lowest BCUT2D eigenvalue weighted by Crippen LogP contribution is -2.43. The molecule has 1 aliphatic carbocycles. The lowest BCUT2D eigenvalue weighted by molar-refractivity contribution is -0.200. The normalized spacial score (nSPS) is 23.6. The number of unbranched alkanes of at least 4 members (excludes halogenated alkanes) is 2. The minimum Gasteiger partial charge on any atom is -0.346 e. The van der Waals surface area contributed by atoms with Gasteiger partial charge >= 0.3 is 6.18 Å². The van der Waals surface area contributed by atoms with Crippen molar-refractivity contribution in [2.75, 3.05) is 20.1 Å². The van der Waals surface area contributed by atoms with Crippen molar-refractivity contribution >= 4 is 5.91 Å². The van der Waals surface area contributed by atoms with Gasteiger partial charge in [0.15, 0.2) is 0 Å². The van der Waals surface area contributed by atoms with Crippen molar-refractivity contribution in [1.29, 1.82) is 0 Å². The van der Waals surface area contributed by atoms with Crippen molar-refractivity contribution in [3.8, 4) is 0 Å². The fraction of sp³-hybridized carbons (Fsp3) is 0.929. The third kappa shape index (κ3) is 4.96. The standard InChI is InChI=1S/C14H25F3N2O/c1-19(10-6-2-5-9-18)13(20)11-7-3-4-8-12(11)14(15,16)17/h11-12H,2-10,18H2,1H3. The average molecular weight is 294 g/mol. The first-order chi connectivity index (χ1) is 9.38. The molecule has 2 unspecified atom stereocenters. The quantitative estimate of drug-likeness (QED) is 0.766. The summed E-state index contributed by atoms with van der Waals surface area (Å²) in [6, 6.07) is 0. The van der Waals surface area contributed by atoms with Gasteiger partial charge in [0, 0.05) is 19.5 Å². The SMILES string of the molecule is CN(CCCCCN)C(=O)C1CCCCC1C(F)(F)F. The number of alkyl halides is 3. The van der Waals surface area contributed by atoms with Gasteiger partial charge in [-0.1, -0.05) is 19.3 Å². The van der Waals surface area contributed by atoms with Crippen LogP contribution in [-0.2, 0) is 4.79 Å². The Kier molecular flexibility index (Phi) is 6.79. The van der Waals surface area contributed by atoms with Crippen molar-refractivity contribution < 1.29 is 18.0 Å². The molecule has 0 aliphatic heterocycles. The van der Waals surface area contributed by atoms with Crippen LogP contribution in [-0.4, -0.2) is 37.1 Å². The Hall–Kier alpha value is -0.780. The van der Waals surface area contributed by atoms with Crippen LogP contribution in [0.15, 0.2) is 0 Å². The van der Waals surface area contributed by atoms with Gasteiger partial charge in [-0.2, -0.15) is 13.2 Å². The minimum absolute atomic E-state index is 0.0842. The van der Waals surface area contributed by atoms with Crippen molar-refractivity contribution in [3.63, 3.8) is 0 Å². The molecule has 20 heavy (non-hydrogen) atoms. The summed E-state index contributed by atoms with van der Waals surface area (Å²) in [5.41, 5.74) is 5.38. The van der Waals surface area contributed by atoms with Gasteiger partial charge in [0.2, 0.25) is 5.91 Å². The number of hydrogen-bond acceptors (Lipinski definition) is 2. The molecule has 118 valence electrons. The van der Waals surface area contributed by atoms with Crippen LogP contribution in [0.1, 0.15) is 44.9 Å². The molecule has 2 atom stereocenters. The van der Waals surface area contributed by atoms with Gasteiger partial charge in [-0.3, -0.25) is 4.79 Å². The van der Waals surface area contributed by atoms with E-state index >= 15 is 0 Å². The number of carbonyl (C=O) groups excluding carboxylic acids is 1. The van der Waals surface area contributed by atoms with E-state index in [0.717, 1.165) is 19.3 Å². The van der Waals surface area contributed by atoms with Gasteiger partial charge in [-0.25, -0.2) is 0 Å². The predicted molar refractivity (Wildman–Crippen MR) is 72.0 cm³/mol. The van der Waals surface area contributed by atoms with Crippen LogP contribution in [0, 0.1) is 11.8 Å². The molecule has 1 fully saturated rings. The summed E-state index contributed by atoms with van der Waals surface area (Å²) in [6.07, 6.45) is 0.0390. The van der Waals surface area contributed by atoms with E-state index in [2.05, 4.69) is 0 Å². The molecular formula is C14H25F3N2O. The lowest BCUT2D eigenvalue weighted by atomic mass is 9.78. The number of amides is 1. The van der Waals surface area contributed by atoms with E-state index in [-0.39, 0.29) is 12.3 Å². The number of hydrogen-bond donors (Lipinski definition) is 1. The molecule has 0 aromatic carbocycles. The Morgan fingerprint density at radius 3 is 2.45 bits per heavy atom. The van der Waals surface area contributed by atoms with Gasteiger partial charge in [-0.05, 0) is 32.2 Å². The first kappa shape index (κ1) is 17.3. The highest BCUT2D eigenvalue weighted by Gasteiger charge is 2.48. The van der Waals surface area contributed by atoms with E-state index < -0.39 is 18.0 Å². The third-order valence-corrected chi connectivity index (χ3v) is 4.08. The highest BCUT2D eigenvalue weighted by Crippen LogP contribution is 2.42. The van der Waals surface area contributed by atoms with Crippen molar-refractivity contribution in [3.05, 3.63) is 0 Å². The van der Waals surface area contributed by atoms with E-state index in [1.807, 2.05) is 0 Å². The first-order valence-electron chi connectivity index (χ1n) is 7.39. The molecule has 0 bridgehead atoms. The van der Waals surface area contributed by atoms with Crippen molar-refractivity contribution in [2.24, 2.45) is 17.6 Å². The fourth-order valence-electron chi connectivity index (χ4n) is 2.88. The van der Waals surface area contributed by atoms with Gasteiger partial charge in [0.1, 0.15) is 0 Å². The van der Waals surface area contributed by atoms with Crippen molar-refractivity contribution in [2.45, 2.75) is 51.1 Å². The molecule has 0 saturated heterocycles. The molecule has 2 N–H and O–H groups in total. The van der Waals surface area contributed by atoms with Crippen LogP contribution < -0.4 is 5.73 Å². The molecule has 0 aromatic heterocycles. The van der Waals surface area contributed by atoms with Gasteiger partial charge in [0.25, 0.3) is 0 Å². The second kappa shape index (κ2) is 7.86. The molecule has 0 radical (unpaired) electrons. The maximum absolute atomic E-state index is 13.0. The summed E-state index contributed by atoms with van der Waals surface area (Å²) >= 11 is 0. The molecule has 1 aliphatic rings. The summed E-state index contributed by atoms with van der Waals surface area (Å²) < 4.78 is 38.9. The molecule has 1 rings (SSSR count). The molecule has 0 spiro atoms. The smallest absolute Gasteiger partial charge is 0.346 e. The van der Waals surface area contributed by atoms with Gasteiger partial charge in [-0.15, -0.1) is 0 Å². The second-order valence-corrected chi connectivity index (χ2v) is 5.65. The maximum Gasteiger partial charge on any atom is 0.392 e. The van der Waals surface area contributed by atoms with E-state index in [4.69, 9.17) is 5.73 Å². The summed E-state index contributed by atoms with van der Waals surface area (Å²) in [4.78, 5) is 13.7. The maximum atomic E-state index is 13.0. The van der Waals surface area contributed by atoms with Crippen LogP contribution in [0.5, 0.6) is 0 Å². The number of nitrogens with zero attached hydrogens (tertiary/aromatic N) is 1. The molecule has 0 aromatic rings. The lowest BCUT2D eigenvalue weighted by Gasteiger charge is -2.34. The van der Waals surface area contributed by atoms with Crippen LogP contribution in [0.4, 0.5) is 13.2 Å². The average Bonchev–Trinajstić information content (AvgIpc) is 2.41. The van der Waals surface area contributed by atoms with Crippen LogP contribution in [0.3, 0.4) is 0 Å². The summed E-state index contributed by atoms with van der Waals surface area (Å²) in [5.74, 6) is -2.70. The van der Waals surface area contributed by atoms with Crippen molar-refractivity contribution in [1.82, 2.24) is 4.90 Å². The van der Waals surface area contributed by atoms with E-state index in [9.17, 15) is 18.0 Å². The Morgan fingerprint density at radius 2 is 1.85 bits per heavy atom. The highest BCUT2D eigenvalue weighted by molar-refractivity contribution is 5.79. The molecule has 0 heterocycles. The van der Waals surface area contributed by atoms with E-state index in [1.165, 1.54) is 4.90 Å². The number of halogens is 3. The Balaban J connectivity index is 2.54. The zero-order chi connectivity index (χ0) is 15.2. The topological polar surface area (TPSA) is 46.3 Å². The molecule has 3 nitrogen and oxygen atoms in total. The highest BCUT2D eigenvalue weighted by atomic mass is 19.4. The Bertz CT molecular complexity index is 307. The summed E-state index contributed by atoms with van der Waals surface area (Å²) in [5, 5.41) is 0. The van der Waals surface area contributed by atoms with Crippen LogP contribution in [0.25, 0.3) is 0 Å². The van der Waals surface area contributed by atoms with Gasteiger partial charge < -0.3 is 10.6 Å². The molecular weight excluding hydrogens is 269 g/mol. The minimum atomic E-state index is -4.26. The van der Waals surface area contributed by atoms with E-state index in [0.29, 0.717) is 32.4 Å². The van der Waals surface area contributed by atoms with Gasteiger partial charge in [0.05, 0.1) is 5.92 Å². The fourth-order valence-corrected chi connectivity index (χ4v) is 2.88. The molecule has 1 saturated carbocycles. The number of carbonyl (C=O) groups is 1. The predicted octanol–water partition coefficient (Wildman–Crippen LogP) is 2.94. The molecule has 6 heteroatoms. The largest absolute Gasteiger partial charge is 0.392 e. The zero-order valence-electron chi connectivity index (χ0n) is 12.1. The molecule has 1 amide bonds. The van der Waals surface area contributed by atoms with Crippen LogP contribution in [0.2, 0.25) is 0 Å². The monoisotopic (exact) mass is 294 g/mol. The summed E-state index contributed by atoms with van der Waals surface area (Å²) in [7, 11) is 1.60. The Labute approximate surface area is 118 Å². The Morgan fingerprint density at radius 1 is 1.20 bits per heavy atom. The van der Waals surface area contributed by atoms with Crippen LogP contribution >= 0.6 is 0 Å². The van der Waals surface area contributed by atoms with E-state index in [1.54, 1.807) is 7.05 Å². The zero-order valence-corrected chi connectivity index (χ0v) is 12.1. The third-order valence-electron chi connectivity index (χ3n) is 4.08.